The maximum Gasteiger partial charge on any atom is 0.119 e. The highest BCUT2D eigenvalue weighted by Crippen LogP contribution is 2.14. The van der Waals surface area contributed by atoms with Gasteiger partial charge in [-0.2, -0.15) is 0 Å². The molecule has 0 radical (unpaired) electrons. The molecule has 1 rings (SSSR count). The Balaban J connectivity index is 2.42. The van der Waals surface area contributed by atoms with Gasteiger partial charge in [0, 0.05) is 6.04 Å². The first-order valence-electron chi connectivity index (χ1n) is 6.25. The zero-order chi connectivity index (χ0) is 12.7. The Morgan fingerprint density at radius 3 is 2.53 bits per heavy atom. The lowest BCUT2D eigenvalue weighted by Crippen LogP contribution is -2.15. The Morgan fingerprint density at radius 2 is 2.00 bits per heavy atom. The van der Waals surface area contributed by atoms with E-state index in [1.165, 1.54) is 5.56 Å². The largest absolute Gasteiger partial charge is 0.489 e. The molecule has 2 nitrogen and oxygen atoms in total. The molecule has 0 fully saturated rings. The van der Waals surface area contributed by atoms with Crippen molar-refractivity contribution in [2.24, 2.45) is 5.73 Å². The summed E-state index contributed by atoms with van der Waals surface area (Å²) < 4.78 is 5.62. The average molecular weight is 233 g/mol. The minimum atomic E-state index is 0.263. The molecule has 2 N–H and O–H groups in total. The van der Waals surface area contributed by atoms with E-state index < -0.39 is 0 Å². The maximum absolute atomic E-state index is 5.73. The molecule has 0 aliphatic heterocycles. The van der Waals surface area contributed by atoms with Crippen LogP contribution in [0.15, 0.2) is 36.4 Å². The normalized spacial score (nSPS) is 12.2. The first-order chi connectivity index (χ1) is 8.11. The SMILES string of the molecule is C=C(CC)COc1ccc(CCC(C)N)cc1. The fraction of sp³-hybridized carbons (Fsp3) is 0.467. The van der Waals surface area contributed by atoms with Gasteiger partial charge in [-0.15, -0.1) is 0 Å². The van der Waals surface area contributed by atoms with Gasteiger partial charge in [0.2, 0.25) is 0 Å². The van der Waals surface area contributed by atoms with Gasteiger partial charge < -0.3 is 10.5 Å². The molecule has 1 atom stereocenters. The summed E-state index contributed by atoms with van der Waals surface area (Å²) in [7, 11) is 0. The van der Waals surface area contributed by atoms with Crippen molar-refractivity contribution in [3.05, 3.63) is 42.0 Å². The molecular weight excluding hydrogens is 210 g/mol. The molecule has 0 aromatic heterocycles. The Labute approximate surface area is 104 Å². The van der Waals surface area contributed by atoms with Gasteiger partial charge in [0.05, 0.1) is 0 Å². The molecule has 94 valence electrons. The van der Waals surface area contributed by atoms with Crippen LogP contribution in [-0.2, 0) is 6.42 Å². The zero-order valence-corrected chi connectivity index (χ0v) is 10.9. The van der Waals surface area contributed by atoms with Crippen molar-refractivity contribution < 1.29 is 4.74 Å². The summed E-state index contributed by atoms with van der Waals surface area (Å²) in [5.74, 6) is 0.907. The summed E-state index contributed by atoms with van der Waals surface area (Å²) in [6.07, 6.45) is 3.01. The minimum Gasteiger partial charge on any atom is -0.489 e. The summed E-state index contributed by atoms with van der Waals surface area (Å²) in [6, 6.07) is 8.50. The van der Waals surface area contributed by atoms with Gasteiger partial charge in [-0.1, -0.05) is 25.6 Å². The van der Waals surface area contributed by atoms with E-state index in [9.17, 15) is 0 Å². The fourth-order valence-electron chi connectivity index (χ4n) is 1.43. The van der Waals surface area contributed by atoms with E-state index in [2.05, 4.69) is 25.6 Å². The first kappa shape index (κ1) is 13.8. The highest BCUT2D eigenvalue weighted by molar-refractivity contribution is 5.27. The summed E-state index contributed by atoms with van der Waals surface area (Å²) in [5.41, 5.74) is 8.16. The van der Waals surface area contributed by atoms with Gasteiger partial charge in [0.15, 0.2) is 0 Å². The van der Waals surface area contributed by atoms with Crippen LogP contribution in [0.2, 0.25) is 0 Å². The lowest BCUT2D eigenvalue weighted by Gasteiger charge is -2.08. The van der Waals surface area contributed by atoms with E-state index in [4.69, 9.17) is 10.5 Å². The second kappa shape index (κ2) is 7.13. The third-order valence-corrected chi connectivity index (χ3v) is 2.75. The maximum atomic E-state index is 5.73. The van der Waals surface area contributed by atoms with Gasteiger partial charge >= 0.3 is 0 Å². The van der Waals surface area contributed by atoms with E-state index >= 15 is 0 Å². The van der Waals surface area contributed by atoms with E-state index in [0.717, 1.165) is 30.6 Å². The Bertz CT molecular complexity index is 340. The molecule has 0 heterocycles. The van der Waals surface area contributed by atoms with Crippen molar-refractivity contribution >= 4 is 0 Å². The third-order valence-electron chi connectivity index (χ3n) is 2.75. The smallest absolute Gasteiger partial charge is 0.119 e. The van der Waals surface area contributed by atoms with Crippen LogP contribution < -0.4 is 10.5 Å². The average Bonchev–Trinajstić information content (AvgIpc) is 2.34. The fourth-order valence-corrected chi connectivity index (χ4v) is 1.43. The molecule has 0 amide bonds. The number of hydrogen-bond acceptors (Lipinski definition) is 2. The number of aryl methyl sites for hydroxylation is 1. The van der Waals surface area contributed by atoms with E-state index in [-0.39, 0.29) is 6.04 Å². The molecule has 0 spiro atoms. The van der Waals surface area contributed by atoms with Crippen LogP contribution in [0.5, 0.6) is 5.75 Å². The number of nitrogens with two attached hydrogens (primary N) is 1. The van der Waals surface area contributed by atoms with E-state index in [0.29, 0.717) is 6.61 Å². The molecular formula is C15H23NO. The number of ether oxygens (including phenoxy) is 1. The zero-order valence-electron chi connectivity index (χ0n) is 10.9. The predicted octanol–water partition coefficient (Wildman–Crippen LogP) is 3.31. The van der Waals surface area contributed by atoms with Crippen LogP contribution >= 0.6 is 0 Å². The van der Waals surface area contributed by atoms with Crippen molar-refractivity contribution in [2.45, 2.75) is 39.2 Å². The van der Waals surface area contributed by atoms with Crippen LogP contribution in [0.1, 0.15) is 32.3 Å². The van der Waals surface area contributed by atoms with E-state index in [1.54, 1.807) is 0 Å². The Morgan fingerprint density at radius 1 is 1.35 bits per heavy atom. The van der Waals surface area contributed by atoms with E-state index in [1.807, 2.05) is 19.1 Å². The molecule has 1 aromatic rings. The minimum absolute atomic E-state index is 0.263. The van der Waals surface area contributed by atoms with Gasteiger partial charge in [0.1, 0.15) is 12.4 Å². The number of hydrogen-bond donors (Lipinski definition) is 1. The standard InChI is InChI=1S/C15H23NO/c1-4-12(2)11-17-15-9-7-14(8-10-15)6-5-13(3)16/h7-10,13H,2,4-6,11,16H2,1,3H3. The second-order valence-electron chi connectivity index (χ2n) is 4.55. The van der Waals surface area contributed by atoms with Crippen molar-refractivity contribution in [1.82, 2.24) is 0 Å². The number of benzene rings is 1. The number of rotatable bonds is 7. The van der Waals surface area contributed by atoms with Crippen LogP contribution in [-0.4, -0.2) is 12.6 Å². The summed E-state index contributed by atoms with van der Waals surface area (Å²) in [5, 5.41) is 0. The highest BCUT2D eigenvalue weighted by atomic mass is 16.5. The molecule has 2 heteroatoms. The first-order valence-corrected chi connectivity index (χ1v) is 6.25. The van der Waals surface area contributed by atoms with Gasteiger partial charge in [-0.25, -0.2) is 0 Å². The monoisotopic (exact) mass is 233 g/mol. The molecule has 1 aromatic carbocycles. The van der Waals surface area contributed by atoms with Crippen molar-refractivity contribution in [3.8, 4) is 5.75 Å². The topological polar surface area (TPSA) is 35.2 Å². The van der Waals surface area contributed by atoms with Crippen molar-refractivity contribution in [3.63, 3.8) is 0 Å². The second-order valence-corrected chi connectivity index (χ2v) is 4.55. The molecule has 1 unspecified atom stereocenters. The van der Waals surface area contributed by atoms with Gasteiger partial charge in [0.25, 0.3) is 0 Å². The van der Waals surface area contributed by atoms with Gasteiger partial charge in [-0.05, 0) is 49.5 Å². The molecule has 17 heavy (non-hydrogen) atoms. The Hall–Kier alpha value is -1.28. The molecule has 0 saturated heterocycles. The van der Waals surface area contributed by atoms with Crippen molar-refractivity contribution in [1.29, 1.82) is 0 Å². The summed E-state index contributed by atoms with van der Waals surface area (Å²) >= 11 is 0. The predicted molar refractivity (Wildman–Crippen MR) is 73.3 cm³/mol. The lowest BCUT2D eigenvalue weighted by atomic mass is 10.1. The summed E-state index contributed by atoms with van der Waals surface area (Å²) in [4.78, 5) is 0. The van der Waals surface area contributed by atoms with Crippen LogP contribution in [0.3, 0.4) is 0 Å². The lowest BCUT2D eigenvalue weighted by molar-refractivity contribution is 0.349. The van der Waals surface area contributed by atoms with Crippen LogP contribution in [0, 0.1) is 0 Å². The highest BCUT2D eigenvalue weighted by Gasteiger charge is 1.99. The molecule has 0 aliphatic rings. The Kier molecular flexibility index (Phi) is 5.78. The van der Waals surface area contributed by atoms with Crippen molar-refractivity contribution in [2.75, 3.05) is 6.61 Å². The van der Waals surface area contributed by atoms with Crippen LogP contribution in [0.4, 0.5) is 0 Å². The third kappa shape index (κ3) is 5.55. The van der Waals surface area contributed by atoms with Crippen LogP contribution in [0.25, 0.3) is 0 Å². The molecule has 0 saturated carbocycles. The quantitative estimate of drug-likeness (QED) is 0.733. The summed E-state index contributed by atoms with van der Waals surface area (Å²) in [6.45, 7) is 8.64. The van der Waals surface area contributed by atoms with Gasteiger partial charge in [-0.3, -0.25) is 0 Å². The molecule has 0 aliphatic carbocycles. The molecule has 0 bridgehead atoms.